The summed E-state index contributed by atoms with van der Waals surface area (Å²) in [5.74, 6) is 0. The molecular formula is C11H15ClOS. The van der Waals surface area contributed by atoms with Gasteiger partial charge >= 0.3 is 0 Å². The van der Waals surface area contributed by atoms with E-state index in [1.165, 1.54) is 0 Å². The molecule has 1 aromatic carbocycles. The van der Waals surface area contributed by atoms with Crippen molar-refractivity contribution >= 4 is 23.4 Å². The third kappa shape index (κ3) is 3.19. The van der Waals surface area contributed by atoms with E-state index < -0.39 is 0 Å². The van der Waals surface area contributed by atoms with E-state index in [0.29, 0.717) is 0 Å². The number of hydrogen-bond donors (Lipinski definition) is 1. The lowest BCUT2D eigenvalue weighted by molar-refractivity contribution is 0.279. The quantitative estimate of drug-likeness (QED) is 0.782. The number of aliphatic hydroxyl groups is 1. The summed E-state index contributed by atoms with van der Waals surface area (Å²) in [5.41, 5.74) is 0.900. The Morgan fingerprint density at radius 2 is 2.00 bits per heavy atom. The average Bonchev–Trinajstić information content (AvgIpc) is 2.06. The van der Waals surface area contributed by atoms with Crippen molar-refractivity contribution in [1.82, 2.24) is 0 Å². The number of benzene rings is 1. The maximum absolute atomic E-state index is 9.17. The summed E-state index contributed by atoms with van der Waals surface area (Å²) in [7, 11) is 0. The van der Waals surface area contributed by atoms with Gasteiger partial charge < -0.3 is 5.11 Å². The molecule has 0 aliphatic rings. The van der Waals surface area contributed by atoms with Crippen molar-refractivity contribution in [2.75, 3.05) is 0 Å². The van der Waals surface area contributed by atoms with Crippen LogP contribution in [0.3, 0.4) is 0 Å². The maximum Gasteiger partial charge on any atom is 0.0693 e. The van der Waals surface area contributed by atoms with Gasteiger partial charge in [-0.1, -0.05) is 44.5 Å². The average molecular weight is 231 g/mol. The molecule has 0 spiro atoms. The number of aliphatic hydroxyl groups excluding tert-OH is 1. The van der Waals surface area contributed by atoms with Gasteiger partial charge in [0.1, 0.15) is 0 Å². The lowest BCUT2D eigenvalue weighted by atomic mass is 10.2. The standard InChI is InChI=1S/C11H15ClOS/c1-11(2,3)14-10-8(7-13)5-4-6-9(10)12/h4-6,13H,7H2,1-3H3. The molecule has 0 heterocycles. The first-order valence-electron chi connectivity index (χ1n) is 4.51. The van der Waals surface area contributed by atoms with Crippen LogP contribution in [-0.4, -0.2) is 9.85 Å². The minimum atomic E-state index is 0.0406. The van der Waals surface area contributed by atoms with E-state index >= 15 is 0 Å². The highest BCUT2D eigenvalue weighted by molar-refractivity contribution is 8.00. The predicted molar refractivity (Wildman–Crippen MR) is 63.0 cm³/mol. The Balaban J connectivity index is 3.05. The number of rotatable bonds is 2. The predicted octanol–water partition coefficient (Wildman–Crippen LogP) is 3.72. The molecule has 1 rings (SSSR count). The van der Waals surface area contributed by atoms with E-state index in [1.807, 2.05) is 18.2 Å². The van der Waals surface area contributed by atoms with E-state index in [0.717, 1.165) is 15.5 Å². The van der Waals surface area contributed by atoms with Crippen LogP contribution in [-0.2, 0) is 6.61 Å². The third-order valence-corrected chi connectivity index (χ3v) is 3.35. The first kappa shape index (κ1) is 11.9. The van der Waals surface area contributed by atoms with Gasteiger partial charge in [0.25, 0.3) is 0 Å². The Bertz CT molecular complexity index is 318. The van der Waals surface area contributed by atoms with Crippen molar-refractivity contribution in [2.24, 2.45) is 0 Å². The van der Waals surface area contributed by atoms with E-state index in [4.69, 9.17) is 16.7 Å². The molecule has 0 fully saturated rings. The van der Waals surface area contributed by atoms with E-state index in [-0.39, 0.29) is 11.4 Å². The van der Waals surface area contributed by atoms with Gasteiger partial charge in [0.2, 0.25) is 0 Å². The van der Waals surface area contributed by atoms with Crippen molar-refractivity contribution < 1.29 is 5.11 Å². The monoisotopic (exact) mass is 230 g/mol. The molecule has 0 amide bonds. The van der Waals surface area contributed by atoms with Crippen molar-refractivity contribution in [1.29, 1.82) is 0 Å². The molecule has 1 N–H and O–H groups in total. The van der Waals surface area contributed by atoms with Crippen LogP contribution < -0.4 is 0 Å². The van der Waals surface area contributed by atoms with E-state index in [2.05, 4.69) is 20.8 Å². The number of halogens is 1. The van der Waals surface area contributed by atoms with Crippen molar-refractivity contribution in [3.8, 4) is 0 Å². The van der Waals surface area contributed by atoms with Gasteiger partial charge in [0.15, 0.2) is 0 Å². The molecule has 0 aliphatic heterocycles. The molecule has 0 atom stereocenters. The maximum atomic E-state index is 9.17. The van der Waals surface area contributed by atoms with Crippen molar-refractivity contribution in [3.63, 3.8) is 0 Å². The van der Waals surface area contributed by atoms with Crippen LogP contribution in [0, 0.1) is 0 Å². The Hall–Kier alpha value is -0.180. The fourth-order valence-electron chi connectivity index (χ4n) is 1.10. The molecule has 0 bridgehead atoms. The second kappa shape index (κ2) is 4.56. The van der Waals surface area contributed by atoms with Crippen LogP contribution in [0.25, 0.3) is 0 Å². The molecular weight excluding hydrogens is 216 g/mol. The van der Waals surface area contributed by atoms with Crippen LogP contribution in [0.4, 0.5) is 0 Å². The zero-order chi connectivity index (χ0) is 10.8. The normalized spacial score (nSPS) is 11.8. The topological polar surface area (TPSA) is 20.2 Å². The summed E-state index contributed by atoms with van der Waals surface area (Å²) < 4.78 is 0.106. The molecule has 0 unspecified atom stereocenters. The summed E-state index contributed by atoms with van der Waals surface area (Å²) in [6.07, 6.45) is 0. The van der Waals surface area contributed by atoms with Crippen LogP contribution in [0.2, 0.25) is 5.02 Å². The van der Waals surface area contributed by atoms with Gasteiger partial charge in [-0.05, 0) is 11.6 Å². The molecule has 1 aromatic rings. The Morgan fingerprint density at radius 3 is 2.50 bits per heavy atom. The molecule has 1 nitrogen and oxygen atoms in total. The Morgan fingerprint density at radius 1 is 1.36 bits per heavy atom. The van der Waals surface area contributed by atoms with Crippen molar-refractivity contribution in [2.45, 2.75) is 37.0 Å². The SMILES string of the molecule is CC(C)(C)Sc1c(Cl)cccc1CO. The highest BCUT2D eigenvalue weighted by Crippen LogP contribution is 2.38. The largest absolute Gasteiger partial charge is 0.392 e. The minimum absolute atomic E-state index is 0.0406. The zero-order valence-corrected chi connectivity index (χ0v) is 10.2. The summed E-state index contributed by atoms with van der Waals surface area (Å²) in [6.45, 7) is 6.42. The van der Waals surface area contributed by atoms with Gasteiger partial charge in [-0.15, -0.1) is 11.8 Å². The molecule has 78 valence electrons. The van der Waals surface area contributed by atoms with Crippen LogP contribution in [0.5, 0.6) is 0 Å². The Kier molecular flexibility index (Phi) is 3.87. The lowest BCUT2D eigenvalue weighted by Gasteiger charge is -2.20. The van der Waals surface area contributed by atoms with Gasteiger partial charge in [-0.3, -0.25) is 0 Å². The first-order chi connectivity index (χ1) is 6.44. The van der Waals surface area contributed by atoms with Crippen molar-refractivity contribution in [3.05, 3.63) is 28.8 Å². The van der Waals surface area contributed by atoms with E-state index in [1.54, 1.807) is 11.8 Å². The molecule has 0 aromatic heterocycles. The number of thioether (sulfide) groups is 1. The zero-order valence-electron chi connectivity index (χ0n) is 8.67. The fourth-order valence-corrected chi connectivity index (χ4v) is 2.45. The summed E-state index contributed by atoms with van der Waals surface area (Å²) in [6, 6.07) is 5.62. The summed E-state index contributed by atoms with van der Waals surface area (Å²) in [5, 5.41) is 9.89. The second-order valence-corrected chi connectivity index (χ2v) is 6.34. The van der Waals surface area contributed by atoms with Crippen LogP contribution >= 0.6 is 23.4 Å². The molecule has 14 heavy (non-hydrogen) atoms. The Labute approximate surface area is 94.5 Å². The lowest BCUT2D eigenvalue weighted by Crippen LogP contribution is -2.08. The van der Waals surface area contributed by atoms with Gasteiger partial charge in [-0.2, -0.15) is 0 Å². The van der Waals surface area contributed by atoms with Gasteiger partial charge in [-0.25, -0.2) is 0 Å². The number of hydrogen-bond acceptors (Lipinski definition) is 2. The fraction of sp³-hybridized carbons (Fsp3) is 0.455. The highest BCUT2D eigenvalue weighted by Gasteiger charge is 2.16. The second-order valence-electron chi connectivity index (χ2n) is 4.10. The summed E-state index contributed by atoms with van der Waals surface area (Å²) in [4.78, 5) is 0.990. The third-order valence-electron chi connectivity index (χ3n) is 1.63. The van der Waals surface area contributed by atoms with Crippen LogP contribution in [0.15, 0.2) is 23.1 Å². The van der Waals surface area contributed by atoms with Crippen LogP contribution in [0.1, 0.15) is 26.3 Å². The highest BCUT2D eigenvalue weighted by atomic mass is 35.5. The molecule has 0 saturated heterocycles. The smallest absolute Gasteiger partial charge is 0.0693 e. The minimum Gasteiger partial charge on any atom is -0.392 e. The molecule has 0 aliphatic carbocycles. The first-order valence-corrected chi connectivity index (χ1v) is 5.71. The molecule has 0 saturated carbocycles. The van der Waals surface area contributed by atoms with Gasteiger partial charge in [0, 0.05) is 9.64 Å². The van der Waals surface area contributed by atoms with E-state index in [9.17, 15) is 0 Å². The molecule has 0 radical (unpaired) electrons. The molecule has 3 heteroatoms. The van der Waals surface area contributed by atoms with Gasteiger partial charge in [0.05, 0.1) is 11.6 Å². The summed E-state index contributed by atoms with van der Waals surface area (Å²) >= 11 is 7.77.